The Bertz CT molecular complexity index is 3910. The van der Waals surface area contributed by atoms with Gasteiger partial charge in [0.2, 0.25) is 0 Å². The van der Waals surface area contributed by atoms with Crippen LogP contribution in [0.25, 0.3) is 72.3 Å². The van der Waals surface area contributed by atoms with Gasteiger partial charge in [0.25, 0.3) is 6.33 Å². The van der Waals surface area contributed by atoms with Gasteiger partial charge in [0.05, 0.1) is 24.9 Å². The van der Waals surface area contributed by atoms with Crippen LogP contribution in [0.4, 0.5) is 0 Å². The Morgan fingerprint density at radius 3 is 1.58 bits per heavy atom. The van der Waals surface area contributed by atoms with Gasteiger partial charge in [-0.05, 0) is 106 Å². The maximum atomic E-state index is 10.1. The van der Waals surface area contributed by atoms with Crippen LogP contribution in [-0.2, 0) is 48.1 Å². The van der Waals surface area contributed by atoms with Gasteiger partial charge in [-0.25, -0.2) is 4.98 Å². The van der Waals surface area contributed by atoms with Crippen molar-refractivity contribution in [1.82, 2.24) is 14.1 Å². The van der Waals surface area contributed by atoms with E-state index in [2.05, 4.69) is 74.1 Å². The first kappa shape index (κ1) is 44.9. The van der Waals surface area contributed by atoms with E-state index < -0.39 is 21.7 Å². The minimum absolute atomic E-state index is 0. The largest absolute Gasteiger partial charge is 0.510 e. The third-order valence-electron chi connectivity index (χ3n) is 13.5. The zero-order valence-electron chi connectivity index (χ0n) is 51.5. The standard InChI is InChI=1S/C68H70N4O.Pt/c1-64(2,3)46-32-33-69-62(40-46)72-58-27-17-16-24-56(58)57-31-30-53(42-61(57)72)73-52-23-20-22-51(41-52)70-43-71(60-29-19-18-28-59(60)70)63-54(44-34-47(65(4,5)6)38-48(35-44)66(7,8)9)25-21-26-55(63)45-36-49(67(10,11)12)39-50(37-45)68(13,14)15;/h16-40H,1-15H3;/q-2;/i34D,35D,36D,37D,38D,39D;. The number of ether oxygens (including phenoxy) is 1. The van der Waals surface area contributed by atoms with E-state index in [1.54, 1.807) is 0 Å². The van der Waals surface area contributed by atoms with E-state index in [-0.39, 0.29) is 62.7 Å². The average Bonchev–Trinajstić information content (AvgIpc) is 4.04. The van der Waals surface area contributed by atoms with Crippen LogP contribution in [0.5, 0.6) is 11.5 Å². The molecule has 0 N–H and O–H groups in total. The Morgan fingerprint density at radius 1 is 0.500 bits per heavy atom. The molecule has 3 heterocycles. The van der Waals surface area contributed by atoms with Crippen LogP contribution in [0.2, 0.25) is 0 Å². The fourth-order valence-electron chi connectivity index (χ4n) is 9.22. The number of rotatable bonds is 7. The second-order valence-electron chi connectivity index (χ2n) is 24.6. The van der Waals surface area contributed by atoms with E-state index in [1.807, 2.05) is 177 Å². The molecule has 74 heavy (non-hydrogen) atoms. The second kappa shape index (κ2) is 19.0. The number of imidazole rings is 1. The molecule has 380 valence electrons. The zero-order chi connectivity index (χ0) is 57.2. The van der Waals surface area contributed by atoms with Crippen LogP contribution < -0.4 is 9.30 Å². The van der Waals surface area contributed by atoms with E-state index in [0.29, 0.717) is 67.4 Å². The summed E-state index contributed by atoms with van der Waals surface area (Å²) in [6.07, 6.45) is 5.57. The molecule has 0 amide bonds. The number of para-hydroxylation sites is 4. The molecule has 0 aliphatic carbocycles. The first-order valence-electron chi connectivity index (χ1n) is 28.4. The molecule has 10 aromatic rings. The van der Waals surface area contributed by atoms with E-state index >= 15 is 0 Å². The molecular weight excluding hydrogens is 1080 g/mol. The summed E-state index contributed by atoms with van der Waals surface area (Å²) in [6.45, 7) is 30.6. The molecule has 5 nitrogen and oxygen atoms in total. The Kier molecular flexibility index (Phi) is 11.5. The summed E-state index contributed by atoms with van der Waals surface area (Å²) >= 11 is 0. The number of benzene rings is 7. The van der Waals surface area contributed by atoms with E-state index in [9.17, 15) is 8.22 Å². The van der Waals surface area contributed by atoms with Crippen LogP contribution in [0.3, 0.4) is 0 Å². The molecule has 0 atom stereocenters. The third-order valence-corrected chi connectivity index (χ3v) is 13.5. The van der Waals surface area contributed by atoms with Crippen molar-refractivity contribution in [2.45, 2.75) is 131 Å². The fourth-order valence-corrected chi connectivity index (χ4v) is 9.22. The van der Waals surface area contributed by atoms with Gasteiger partial charge < -0.3 is 13.9 Å². The van der Waals surface area contributed by atoms with E-state index in [0.717, 1.165) is 38.7 Å². The van der Waals surface area contributed by atoms with Crippen molar-refractivity contribution in [2.24, 2.45) is 0 Å². The van der Waals surface area contributed by atoms with Crippen LogP contribution in [-0.4, -0.2) is 14.1 Å². The summed E-state index contributed by atoms with van der Waals surface area (Å²) in [5.41, 5.74) is 6.78. The zero-order valence-corrected chi connectivity index (χ0v) is 47.8. The van der Waals surface area contributed by atoms with Gasteiger partial charge in [-0.15, -0.1) is 29.7 Å². The summed E-state index contributed by atoms with van der Waals surface area (Å²) in [7, 11) is 0. The van der Waals surface area contributed by atoms with Gasteiger partial charge >= 0.3 is 0 Å². The molecule has 0 fully saturated rings. The van der Waals surface area contributed by atoms with Crippen molar-refractivity contribution in [3.05, 3.63) is 198 Å². The Labute approximate surface area is 463 Å². The van der Waals surface area contributed by atoms with Crippen molar-refractivity contribution in [1.29, 1.82) is 0 Å². The van der Waals surface area contributed by atoms with Gasteiger partial charge in [-0.2, -0.15) is 18.2 Å². The van der Waals surface area contributed by atoms with Crippen LogP contribution in [0, 0.1) is 18.5 Å². The quantitative estimate of drug-likeness (QED) is 0.118. The summed E-state index contributed by atoms with van der Waals surface area (Å²) in [5.74, 6) is 1.73. The van der Waals surface area contributed by atoms with Gasteiger partial charge in [-0.1, -0.05) is 206 Å². The Balaban J connectivity index is 0.00000774. The summed E-state index contributed by atoms with van der Waals surface area (Å²) < 4.78 is 72.3. The molecule has 0 aliphatic rings. The molecule has 0 bridgehead atoms. The first-order chi connectivity index (χ1) is 36.9. The van der Waals surface area contributed by atoms with Crippen molar-refractivity contribution < 1.29 is 38.6 Å². The van der Waals surface area contributed by atoms with E-state index in [4.69, 9.17) is 9.72 Å². The molecule has 0 saturated heterocycles. The second-order valence-corrected chi connectivity index (χ2v) is 24.6. The van der Waals surface area contributed by atoms with Gasteiger partial charge in [0, 0.05) is 44.3 Å². The molecule has 6 heteroatoms. The number of nitrogens with zero attached hydrogens (tertiary/aromatic N) is 4. The van der Waals surface area contributed by atoms with Gasteiger partial charge in [0.1, 0.15) is 5.82 Å². The predicted molar refractivity (Wildman–Crippen MR) is 304 cm³/mol. The number of pyridine rings is 1. The normalized spacial score (nSPS) is 13.8. The number of hydrogen-bond acceptors (Lipinski definition) is 2. The van der Waals surface area contributed by atoms with E-state index in [1.165, 1.54) is 5.56 Å². The molecule has 0 radical (unpaired) electrons. The maximum Gasteiger partial charge on any atom is 0.268 e. The maximum absolute atomic E-state index is 10.1. The smallest absolute Gasteiger partial charge is 0.268 e. The van der Waals surface area contributed by atoms with Crippen molar-refractivity contribution in [2.75, 3.05) is 0 Å². The number of hydrogen-bond donors (Lipinski definition) is 0. The summed E-state index contributed by atoms with van der Waals surface area (Å²) in [4.78, 5) is 4.86. The SMILES string of the molecule is [2H]c1c(-c2cccc(-c3c([2H])c(C(C)(C)C)c([2H])c(C(C)(C)C)c3[2H])c2-[n+]2[c-]n(-c3[c-]c(Oc4[c-]c5c(cc4)c4ccccc4n5-c4cc(C(C)(C)C)ccn4)ccc3)c3ccccc32)c([2H])c(C(C)(C)C)c([2H])c1C(C)(C)C.[Pt]. The molecule has 7 aromatic carbocycles. The topological polar surface area (TPSA) is 35.9 Å². The molecular formula is C68H70N4OPt-2. The number of aromatic nitrogens is 4. The van der Waals surface area contributed by atoms with Crippen LogP contribution in [0.1, 0.15) is 140 Å². The van der Waals surface area contributed by atoms with Crippen LogP contribution in [0.15, 0.2) is 152 Å². The summed E-state index contributed by atoms with van der Waals surface area (Å²) in [5, 5.41) is 2.10. The van der Waals surface area contributed by atoms with Crippen molar-refractivity contribution in [3.63, 3.8) is 0 Å². The summed E-state index contributed by atoms with van der Waals surface area (Å²) in [6, 6.07) is 43.6. The molecule has 3 aromatic heterocycles. The molecule has 0 saturated carbocycles. The Morgan fingerprint density at radius 2 is 1.01 bits per heavy atom. The van der Waals surface area contributed by atoms with Crippen LogP contribution >= 0.6 is 0 Å². The Hall–Kier alpha value is -6.55. The minimum Gasteiger partial charge on any atom is -0.510 e. The monoisotopic (exact) mass is 1160 g/mol. The molecule has 10 rings (SSSR count). The molecule has 0 spiro atoms. The minimum atomic E-state index is -0.639. The predicted octanol–water partition coefficient (Wildman–Crippen LogP) is 17.4. The van der Waals surface area contributed by atoms with Crippen molar-refractivity contribution in [3.8, 4) is 50.9 Å². The third kappa shape index (κ3) is 10.1. The molecule has 0 unspecified atom stereocenters. The first-order valence-corrected chi connectivity index (χ1v) is 25.4. The fraction of sp³-hybridized carbons (Fsp3) is 0.294. The van der Waals surface area contributed by atoms with Gasteiger partial charge in [-0.3, -0.25) is 4.57 Å². The van der Waals surface area contributed by atoms with Crippen molar-refractivity contribution >= 4 is 32.8 Å². The van der Waals surface area contributed by atoms with Gasteiger partial charge in [0.15, 0.2) is 0 Å². The average molecular weight is 1160 g/mol. The molecule has 0 aliphatic heterocycles. The number of fused-ring (bicyclic) bond motifs is 4.